The maximum atomic E-state index is 13.9. The first-order valence-corrected chi connectivity index (χ1v) is 11.9. The van der Waals surface area contributed by atoms with E-state index in [-0.39, 0.29) is 23.5 Å². The minimum atomic E-state index is -0.481. The largest absolute Gasteiger partial charge is 0.376 e. The van der Waals surface area contributed by atoms with E-state index in [1.807, 2.05) is 0 Å². The Labute approximate surface area is 194 Å². The molecule has 0 unspecified atom stereocenters. The lowest BCUT2D eigenvalue weighted by Crippen LogP contribution is -2.32. The van der Waals surface area contributed by atoms with Crippen LogP contribution in [0.15, 0.2) is 28.8 Å². The van der Waals surface area contributed by atoms with Crippen molar-refractivity contribution in [2.75, 3.05) is 18.5 Å². The van der Waals surface area contributed by atoms with Crippen LogP contribution in [0.4, 0.5) is 9.39 Å². The van der Waals surface area contributed by atoms with Gasteiger partial charge in [0.15, 0.2) is 11.5 Å². The summed E-state index contributed by atoms with van der Waals surface area (Å²) in [4.78, 5) is 27.1. The van der Waals surface area contributed by atoms with Crippen molar-refractivity contribution in [3.63, 3.8) is 0 Å². The molecule has 172 valence electrons. The number of rotatable bonds is 6. The molecule has 1 fully saturated rings. The van der Waals surface area contributed by atoms with Gasteiger partial charge in [0.2, 0.25) is 0 Å². The highest BCUT2D eigenvalue weighted by Gasteiger charge is 2.29. The summed E-state index contributed by atoms with van der Waals surface area (Å²) in [6.45, 7) is 2.85. The molecule has 33 heavy (non-hydrogen) atoms. The van der Waals surface area contributed by atoms with Gasteiger partial charge in [0.25, 0.3) is 11.8 Å². The van der Waals surface area contributed by atoms with Gasteiger partial charge in [0.1, 0.15) is 10.8 Å². The number of amides is 2. The summed E-state index contributed by atoms with van der Waals surface area (Å²) in [6, 6.07) is 6.17. The summed E-state index contributed by atoms with van der Waals surface area (Å²) in [5.41, 5.74) is 2.62. The van der Waals surface area contributed by atoms with Crippen molar-refractivity contribution in [3.8, 4) is 11.3 Å². The molecule has 7 nitrogen and oxygen atoms in total. The van der Waals surface area contributed by atoms with E-state index in [2.05, 4.69) is 15.8 Å². The van der Waals surface area contributed by atoms with E-state index >= 15 is 0 Å². The van der Waals surface area contributed by atoms with Crippen LogP contribution in [-0.4, -0.2) is 36.2 Å². The molecule has 0 spiro atoms. The Morgan fingerprint density at radius 1 is 1.21 bits per heavy atom. The average molecular weight is 470 g/mol. The van der Waals surface area contributed by atoms with Crippen LogP contribution in [0.5, 0.6) is 0 Å². The van der Waals surface area contributed by atoms with Crippen LogP contribution >= 0.6 is 11.3 Å². The minimum Gasteiger partial charge on any atom is -0.376 e. The van der Waals surface area contributed by atoms with Crippen LogP contribution in [0.25, 0.3) is 11.3 Å². The van der Waals surface area contributed by atoms with Crippen molar-refractivity contribution in [2.45, 2.75) is 45.1 Å². The molecule has 0 bridgehead atoms. The lowest BCUT2D eigenvalue weighted by atomic mass is 10.1. The van der Waals surface area contributed by atoms with E-state index in [1.165, 1.54) is 23.5 Å². The number of aryl methyl sites for hydroxylation is 2. The maximum absolute atomic E-state index is 13.9. The maximum Gasteiger partial charge on any atom is 0.278 e. The monoisotopic (exact) mass is 469 g/mol. The van der Waals surface area contributed by atoms with Crippen LogP contribution in [0.3, 0.4) is 0 Å². The number of nitrogens with one attached hydrogen (secondary N) is 2. The van der Waals surface area contributed by atoms with E-state index in [1.54, 1.807) is 19.1 Å². The highest BCUT2D eigenvalue weighted by Crippen LogP contribution is 2.39. The molecule has 3 heterocycles. The molecule has 5 rings (SSSR count). The molecule has 3 aromatic rings. The molecule has 1 aromatic carbocycles. The van der Waals surface area contributed by atoms with E-state index in [4.69, 9.17) is 9.26 Å². The normalized spacial score (nSPS) is 17.2. The number of aromatic nitrogens is 1. The summed E-state index contributed by atoms with van der Waals surface area (Å²) < 4.78 is 24.8. The van der Waals surface area contributed by atoms with Gasteiger partial charge in [-0.05, 0) is 56.2 Å². The molecule has 2 amide bonds. The highest BCUT2D eigenvalue weighted by molar-refractivity contribution is 7.17. The van der Waals surface area contributed by atoms with Crippen LogP contribution in [0.1, 0.15) is 56.1 Å². The fraction of sp³-hybridized carbons (Fsp3) is 0.375. The Bertz CT molecular complexity index is 1210. The molecular formula is C24H24FN3O4S. The van der Waals surface area contributed by atoms with Gasteiger partial charge in [0, 0.05) is 29.7 Å². The summed E-state index contributed by atoms with van der Waals surface area (Å²) in [7, 11) is 0. The zero-order valence-electron chi connectivity index (χ0n) is 18.2. The Balaban J connectivity index is 1.34. The number of fused-ring (bicyclic) bond motifs is 1. The molecule has 2 aromatic heterocycles. The topological polar surface area (TPSA) is 93.5 Å². The molecule has 1 atom stereocenters. The average Bonchev–Trinajstić information content (AvgIpc) is 3.58. The van der Waals surface area contributed by atoms with Crippen molar-refractivity contribution in [2.24, 2.45) is 0 Å². The zero-order chi connectivity index (χ0) is 22.9. The number of carbonyl (C=O) groups excluding carboxylic acids is 2. The predicted octanol–water partition coefficient (Wildman–Crippen LogP) is 4.50. The van der Waals surface area contributed by atoms with Crippen LogP contribution in [-0.2, 0) is 17.6 Å². The number of hydrogen-bond donors (Lipinski definition) is 2. The van der Waals surface area contributed by atoms with E-state index in [0.717, 1.165) is 49.2 Å². The number of thiophene rings is 1. The fourth-order valence-electron chi connectivity index (χ4n) is 4.26. The number of nitrogens with zero attached hydrogens (tertiary/aromatic N) is 1. The van der Waals surface area contributed by atoms with E-state index < -0.39 is 5.91 Å². The second-order valence-corrected chi connectivity index (χ2v) is 9.51. The van der Waals surface area contributed by atoms with Gasteiger partial charge < -0.3 is 19.9 Å². The second-order valence-electron chi connectivity index (χ2n) is 8.40. The quantitative estimate of drug-likeness (QED) is 0.554. The summed E-state index contributed by atoms with van der Waals surface area (Å²) in [5, 5.41) is 10.2. The molecule has 9 heteroatoms. The number of halogens is 1. The van der Waals surface area contributed by atoms with Crippen LogP contribution in [0, 0.1) is 12.7 Å². The summed E-state index contributed by atoms with van der Waals surface area (Å²) in [5.74, 6) is -0.745. The van der Waals surface area contributed by atoms with Gasteiger partial charge in [-0.25, -0.2) is 4.39 Å². The Kier molecular flexibility index (Phi) is 5.99. The third-order valence-corrected chi connectivity index (χ3v) is 7.30. The first-order valence-electron chi connectivity index (χ1n) is 11.1. The van der Waals surface area contributed by atoms with Gasteiger partial charge >= 0.3 is 0 Å². The second kappa shape index (κ2) is 9.07. The molecule has 2 aliphatic rings. The SMILES string of the molecule is Cc1ccc(-c2cc(C(=O)Nc3sc4c(c3C(=O)NC[C@H]3CCCO3)CCC4)no2)cc1F. The van der Waals surface area contributed by atoms with Crippen molar-refractivity contribution < 1.29 is 23.2 Å². The Hall–Kier alpha value is -3.04. The Morgan fingerprint density at radius 3 is 2.88 bits per heavy atom. The molecule has 2 N–H and O–H groups in total. The Morgan fingerprint density at radius 2 is 2.09 bits per heavy atom. The molecule has 1 aliphatic heterocycles. The van der Waals surface area contributed by atoms with Crippen molar-refractivity contribution in [3.05, 3.63) is 57.3 Å². The fourth-order valence-corrected chi connectivity index (χ4v) is 5.55. The lowest BCUT2D eigenvalue weighted by Gasteiger charge is -2.12. The van der Waals surface area contributed by atoms with Gasteiger partial charge in [-0.15, -0.1) is 11.3 Å². The molecule has 0 saturated carbocycles. The molecule has 1 saturated heterocycles. The lowest BCUT2D eigenvalue weighted by molar-refractivity contribution is 0.0858. The summed E-state index contributed by atoms with van der Waals surface area (Å²) >= 11 is 1.43. The number of carbonyl (C=O) groups is 2. The summed E-state index contributed by atoms with van der Waals surface area (Å²) in [6.07, 6.45) is 4.70. The van der Waals surface area contributed by atoms with E-state index in [0.29, 0.717) is 34.0 Å². The van der Waals surface area contributed by atoms with Gasteiger partial charge in [-0.2, -0.15) is 0 Å². The van der Waals surface area contributed by atoms with Crippen molar-refractivity contribution >= 4 is 28.2 Å². The molecule has 0 radical (unpaired) electrons. The highest BCUT2D eigenvalue weighted by atomic mass is 32.1. The molecular weight excluding hydrogens is 445 g/mol. The molecule has 1 aliphatic carbocycles. The van der Waals surface area contributed by atoms with Crippen molar-refractivity contribution in [1.29, 1.82) is 0 Å². The number of benzene rings is 1. The third-order valence-electron chi connectivity index (χ3n) is 6.09. The van der Waals surface area contributed by atoms with Crippen molar-refractivity contribution in [1.82, 2.24) is 10.5 Å². The van der Waals surface area contributed by atoms with Gasteiger partial charge in [0.05, 0.1) is 11.7 Å². The van der Waals surface area contributed by atoms with Gasteiger partial charge in [-0.3, -0.25) is 9.59 Å². The zero-order valence-corrected chi connectivity index (χ0v) is 19.0. The standard InChI is InChI=1S/C24H24FN3O4S/c1-13-7-8-14(10-17(13)25)19-11-18(28-32-19)22(29)27-24-21(16-5-2-6-20(16)33-24)23(30)26-12-15-4-3-9-31-15/h7-8,10-11,15H,2-6,9,12H2,1H3,(H,26,30)(H,27,29)/t15-/m1/s1. The first-order chi connectivity index (χ1) is 16.0. The third kappa shape index (κ3) is 4.43. The van der Waals surface area contributed by atoms with Gasteiger partial charge in [-0.1, -0.05) is 17.3 Å². The van der Waals surface area contributed by atoms with E-state index in [9.17, 15) is 14.0 Å². The predicted molar refractivity (Wildman–Crippen MR) is 122 cm³/mol. The minimum absolute atomic E-state index is 0.0406. The van der Waals surface area contributed by atoms with Crippen LogP contribution < -0.4 is 10.6 Å². The number of hydrogen-bond acceptors (Lipinski definition) is 6. The number of anilines is 1. The smallest absolute Gasteiger partial charge is 0.278 e. The first kappa shape index (κ1) is 21.8. The van der Waals surface area contributed by atoms with Crippen LogP contribution in [0.2, 0.25) is 0 Å². The number of ether oxygens (including phenoxy) is 1.